The molecular formula is C14H18N2O3S. The highest BCUT2D eigenvalue weighted by atomic mass is 32.1. The summed E-state index contributed by atoms with van der Waals surface area (Å²) in [5, 5.41) is 13.3. The SMILES string of the molecule is COCC(O)CCNC(=O)c1cc2cc(N)ccc2s1. The number of ether oxygens (including phenoxy) is 1. The topological polar surface area (TPSA) is 84.6 Å². The fourth-order valence-corrected chi connectivity index (χ4v) is 2.85. The van der Waals surface area contributed by atoms with Gasteiger partial charge in [-0.05, 0) is 36.1 Å². The normalized spacial score (nSPS) is 12.5. The van der Waals surface area contributed by atoms with Crippen LogP contribution in [0.1, 0.15) is 16.1 Å². The van der Waals surface area contributed by atoms with Crippen molar-refractivity contribution in [2.45, 2.75) is 12.5 Å². The summed E-state index contributed by atoms with van der Waals surface area (Å²) in [6.07, 6.45) is -0.0836. The van der Waals surface area contributed by atoms with E-state index in [1.807, 2.05) is 24.3 Å². The van der Waals surface area contributed by atoms with Crippen LogP contribution in [-0.2, 0) is 4.74 Å². The first-order valence-electron chi connectivity index (χ1n) is 6.34. The molecule has 20 heavy (non-hydrogen) atoms. The fourth-order valence-electron chi connectivity index (χ4n) is 1.89. The number of nitrogens with two attached hydrogens (primary N) is 1. The molecule has 5 nitrogen and oxygen atoms in total. The maximum absolute atomic E-state index is 12.0. The number of amides is 1. The van der Waals surface area contributed by atoms with Gasteiger partial charge in [-0.1, -0.05) is 0 Å². The number of anilines is 1. The van der Waals surface area contributed by atoms with Crippen LogP contribution in [0.15, 0.2) is 24.3 Å². The zero-order valence-electron chi connectivity index (χ0n) is 11.3. The summed E-state index contributed by atoms with van der Waals surface area (Å²) < 4.78 is 5.86. The van der Waals surface area contributed by atoms with Gasteiger partial charge in [-0.2, -0.15) is 0 Å². The molecule has 2 rings (SSSR count). The number of carbonyl (C=O) groups excluding carboxylic acids is 1. The number of fused-ring (bicyclic) bond motifs is 1. The monoisotopic (exact) mass is 294 g/mol. The van der Waals surface area contributed by atoms with Gasteiger partial charge < -0.3 is 20.9 Å². The largest absolute Gasteiger partial charge is 0.399 e. The Hall–Kier alpha value is -1.63. The summed E-state index contributed by atoms with van der Waals surface area (Å²) in [5.41, 5.74) is 6.40. The predicted octanol–water partition coefficient (Wildman–Crippen LogP) is 1.61. The molecule has 0 saturated heterocycles. The van der Waals surface area contributed by atoms with Crippen molar-refractivity contribution in [1.29, 1.82) is 0 Å². The van der Waals surface area contributed by atoms with Gasteiger partial charge in [0.15, 0.2) is 0 Å². The van der Waals surface area contributed by atoms with E-state index in [2.05, 4.69) is 5.32 Å². The highest BCUT2D eigenvalue weighted by Crippen LogP contribution is 2.27. The average Bonchev–Trinajstić information content (AvgIpc) is 2.82. The molecule has 0 fully saturated rings. The van der Waals surface area contributed by atoms with E-state index in [-0.39, 0.29) is 12.5 Å². The minimum Gasteiger partial charge on any atom is -0.399 e. The van der Waals surface area contributed by atoms with Crippen LogP contribution in [0.3, 0.4) is 0 Å². The minimum absolute atomic E-state index is 0.130. The third-order valence-corrected chi connectivity index (χ3v) is 4.00. The van der Waals surface area contributed by atoms with E-state index in [1.54, 1.807) is 0 Å². The lowest BCUT2D eigenvalue weighted by Gasteiger charge is -2.09. The Labute approximate surface area is 121 Å². The van der Waals surface area contributed by atoms with Crippen molar-refractivity contribution < 1.29 is 14.6 Å². The molecule has 1 aromatic heterocycles. The van der Waals surface area contributed by atoms with Crippen LogP contribution in [0.5, 0.6) is 0 Å². The quantitative estimate of drug-likeness (QED) is 0.707. The van der Waals surface area contributed by atoms with Gasteiger partial charge >= 0.3 is 0 Å². The van der Waals surface area contributed by atoms with Crippen LogP contribution in [0.4, 0.5) is 5.69 Å². The molecule has 1 heterocycles. The van der Waals surface area contributed by atoms with Crippen LogP contribution < -0.4 is 11.1 Å². The van der Waals surface area contributed by atoms with E-state index >= 15 is 0 Å². The number of hydrogen-bond acceptors (Lipinski definition) is 5. The number of thiophene rings is 1. The van der Waals surface area contributed by atoms with Crippen LogP contribution >= 0.6 is 11.3 Å². The molecule has 0 aliphatic heterocycles. The van der Waals surface area contributed by atoms with E-state index in [4.69, 9.17) is 10.5 Å². The van der Waals surface area contributed by atoms with Gasteiger partial charge in [0.25, 0.3) is 5.91 Å². The molecule has 1 aromatic carbocycles. The smallest absolute Gasteiger partial charge is 0.261 e. The molecule has 1 unspecified atom stereocenters. The lowest BCUT2D eigenvalue weighted by Crippen LogP contribution is -2.27. The van der Waals surface area contributed by atoms with Crippen LogP contribution in [0, 0.1) is 0 Å². The maximum Gasteiger partial charge on any atom is 0.261 e. The Balaban J connectivity index is 1.94. The molecule has 0 spiro atoms. The lowest BCUT2D eigenvalue weighted by atomic mass is 10.2. The van der Waals surface area contributed by atoms with E-state index in [0.717, 1.165) is 10.1 Å². The van der Waals surface area contributed by atoms with Gasteiger partial charge in [0.05, 0.1) is 17.6 Å². The number of aliphatic hydroxyl groups excluding tert-OH is 1. The van der Waals surface area contributed by atoms with Crippen LogP contribution in [0.2, 0.25) is 0 Å². The Kier molecular flexibility index (Phi) is 4.94. The number of nitrogens with one attached hydrogen (secondary N) is 1. The Morgan fingerprint density at radius 3 is 3.05 bits per heavy atom. The van der Waals surface area contributed by atoms with Gasteiger partial charge in [0.2, 0.25) is 0 Å². The minimum atomic E-state index is -0.553. The van der Waals surface area contributed by atoms with Crippen molar-refractivity contribution in [3.8, 4) is 0 Å². The van der Waals surface area contributed by atoms with Gasteiger partial charge in [-0.15, -0.1) is 11.3 Å². The summed E-state index contributed by atoms with van der Waals surface area (Å²) in [6, 6.07) is 7.41. The molecule has 0 saturated carbocycles. The number of aliphatic hydroxyl groups is 1. The summed E-state index contributed by atoms with van der Waals surface area (Å²) in [6.45, 7) is 0.692. The van der Waals surface area contributed by atoms with Gasteiger partial charge in [-0.25, -0.2) is 0 Å². The first kappa shape index (κ1) is 14.8. The molecule has 2 aromatic rings. The van der Waals surface area contributed by atoms with Crippen LogP contribution in [-0.4, -0.2) is 37.4 Å². The molecule has 0 aliphatic carbocycles. The van der Waals surface area contributed by atoms with E-state index in [0.29, 0.717) is 23.5 Å². The third kappa shape index (κ3) is 3.69. The molecule has 108 valence electrons. The lowest BCUT2D eigenvalue weighted by molar-refractivity contribution is 0.0588. The molecule has 4 N–H and O–H groups in total. The van der Waals surface area contributed by atoms with E-state index in [1.165, 1.54) is 18.4 Å². The number of methoxy groups -OCH3 is 1. The zero-order chi connectivity index (χ0) is 14.5. The molecule has 0 bridgehead atoms. The number of nitrogen functional groups attached to an aromatic ring is 1. The number of hydrogen-bond donors (Lipinski definition) is 3. The molecule has 1 atom stereocenters. The summed E-state index contributed by atoms with van der Waals surface area (Å²) in [5.74, 6) is -0.130. The summed E-state index contributed by atoms with van der Waals surface area (Å²) in [4.78, 5) is 12.6. The molecule has 6 heteroatoms. The van der Waals surface area contributed by atoms with Gasteiger partial charge in [0.1, 0.15) is 0 Å². The highest BCUT2D eigenvalue weighted by molar-refractivity contribution is 7.20. The Morgan fingerprint density at radius 1 is 1.50 bits per heavy atom. The first-order valence-corrected chi connectivity index (χ1v) is 7.16. The van der Waals surface area contributed by atoms with Crippen molar-refractivity contribution in [2.75, 3.05) is 26.0 Å². The fraction of sp³-hybridized carbons (Fsp3) is 0.357. The van der Waals surface area contributed by atoms with E-state index < -0.39 is 6.10 Å². The second kappa shape index (κ2) is 6.69. The third-order valence-electron chi connectivity index (χ3n) is 2.89. The molecule has 0 radical (unpaired) electrons. The van der Waals surface area contributed by atoms with Crippen molar-refractivity contribution in [3.63, 3.8) is 0 Å². The summed E-state index contributed by atoms with van der Waals surface area (Å²) in [7, 11) is 1.53. The first-order chi connectivity index (χ1) is 9.60. The second-order valence-corrected chi connectivity index (χ2v) is 5.65. The van der Waals surface area contributed by atoms with E-state index in [9.17, 15) is 9.90 Å². The molecule has 1 amide bonds. The number of benzene rings is 1. The standard InChI is InChI=1S/C14H18N2O3S/c1-19-8-11(17)4-5-16-14(18)13-7-9-6-10(15)2-3-12(9)20-13/h2-3,6-7,11,17H,4-5,8,15H2,1H3,(H,16,18). The van der Waals surface area contributed by atoms with Crippen molar-refractivity contribution in [3.05, 3.63) is 29.1 Å². The number of rotatable bonds is 6. The molecular weight excluding hydrogens is 276 g/mol. The second-order valence-electron chi connectivity index (χ2n) is 4.56. The van der Waals surface area contributed by atoms with Crippen molar-refractivity contribution in [2.24, 2.45) is 0 Å². The number of carbonyl (C=O) groups is 1. The molecule has 0 aliphatic rings. The predicted molar refractivity (Wildman–Crippen MR) is 81.1 cm³/mol. The van der Waals surface area contributed by atoms with Crippen molar-refractivity contribution in [1.82, 2.24) is 5.32 Å². The average molecular weight is 294 g/mol. The highest BCUT2D eigenvalue weighted by Gasteiger charge is 2.11. The maximum atomic E-state index is 12.0. The van der Waals surface area contributed by atoms with Crippen molar-refractivity contribution >= 4 is 33.0 Å². The summed E-state index contributed by atoms with van der Waals surface area (Å²) >= 11 is 1.43. The zero-order valence-corrected chi connectivity index (χ0v) is 12.1. The Morgan fingerprint density at radius 2 is 2.30 bits per heavy atom. The Bertz CT molecular complexity index is 597. The van der Waals surface area contributed by atoms with Gasteiger partial charge in [0, 0.05) is 24.0 Å². The van der Waals surface area contributed by atoms with Gasteiger partial charge in [-0.3, -0.25) is 4.79 Å². The van der Waals surface area contributed by atoms with Crippen LogP contribution in [0.25, 0.3) is 10.1 Å².